The number of fused-ring (bicyclic) bond motifs is 2. The fourth-order valence-corrected chi connectivity index (χ4v) is 3.77. The Balaban J connectivity index is 1.48. The molecule has 0 radical (unpaired) electrons. The molecule has 4 rings (SSSR count). The topological polar surface area (TPSA) is 89.5 Å². The lowest BCUT2D eigenvalue weighted by Gasteiger charge is -2.19. The minimum absolute atomic E-state index is 0.00357. The first kappa shape index (κ1) is 21.5. The average Bonchev–Trinajstić information content (AvgIpc) is 2.81. The third-order valence-corrected chi connectivity index (χ3v) is 5.51. The van der Waals surface area contributed by atoms with Gasteiger partial charge in [-0.15, -0.1) is 0 Å². The number of ketones is 2. The van der Waals surface area contributed by atoms with E-state index in [1.54, 1.807) is 55.5 Å². The summed E-state index contributed by atoms with van der Waals surface area (Å²) in [5.41, 5.74) is 1.47. The second-order valence-corrected chi connectivity index (χ2v) is 7.79. The summed E-state index contributed by atoms with van der Waals surface area (Å²) in [6, 6.07) is 17.6. The van der Waals surface area contributed by atoms with Crippen LogP contribution in [0.1, 0.15) is 60.7 Å². The van der Waals surface area contributed by atoms with Crippen LogP contribution in [0.15, 0.2) is 66.7 Å². The molecule has 0 saturated carbocycles. The van der Waals surface area contributed by atoms with Crippen molar-refractivity contribution >= 4 is 35.0 Å². The van der Waals surface area contributed by atoms with Crippen LogP contribution in [0.4, 0.5) is 0 Å². The van der Waals surface area contributed by atoms with Crippen molar-refractivity contribution in [3.05, 3.63) is 105 Å². The van der Waals surface area contributed by atoms with Gasteiger partial charge in [0.2, 0.25) is 0 Å². The zero-order chi connectivity index (χ0) is 22.8. The Morgan fingerprint density at radius 3 is 2.19 bits per heavy atom. The Hall–Kier alpha value is -3.77. The van der Waals surface area contributed by atoms with E-state index in [4.69, 9.17) is 16.3 Å². The molecule has 160 valence electrons. The second kappa shape index (κ2) is 8.77. The SMILES string of the molecule is C[C@@H](NC(=O)COC(=O)c1cccc2c1C(=O)c1ccccc1C2=O)c1ccc(Cl)cc1. The summed E-state index contributed by atoms with van der Waals surface area (Å²) in [4.78, 5) is 50.8. The van der Waals surface area contributed by atoms with Crippen molar-refractivity contribution in [3.8, 4) is 0 Å². The number of carbonyl (C=O) groups excluding carboxylic acids is 4. The Labute approximate surface area is 189 Å². The number of amides is 1. The number of ether oxygens (including phenoxy) is 1. The molecule has 0 bridgehead atoms. The summed E-state index contributed by atoms with van der Waals surface area (Å²) in [5.74, 6) is -2.11. The maximum Gasteiger partial charge on any atom is 0.339 e. The predicted molar refractivity (Wildman–Crippen MR) is 118 cm³/mol. The summed E-state index contributed by atoms with van der Waals surface area (Å²) in [6.07, 6.45) is 0. The summed E-state index contributed by atoms with van der Waals surface area (Å²) in [6.45, 7) is 1.26. The van der Waals surface area contributed by atoms with Gasteiger partial charge in [0.25, 0.3) is 5.91 Å². The molecule has 0 aliphatic heterocycles. The number of rotatable bonds is 5. The zero-order valence-electron chi connectivity index (χ0n) is 17.1. The first-order chi connectivity index (χ1) is 15.4. The second-order valence-electron chi connectivity index (χ2n) is 7.35. The summed E-state index contributed by atoms with van der Waals surface area (Å²) >= 11 is 5.87. The maximum absolute atomic E-state index is 13.0. The molecule has 1 amide bonds. The molecule has 0 fully saturated rings. The van der Waals surface area contributed by atoms with Crippen LogP contribution < -0.4 is 5.32 Å². The van der Waals surface area contributed by atoms with E-state index in [9.17, 15) is 19.2 Å². The van der Waals surface area contributed by atoms with Crippen molar-refractivity contribution in [2.24, 2.45) is 0 Å². The van der Waals surface area contributed by atoms with Gasteiger partial charge in [0.05, 0.1) is 11.6 Å². The normalized spacial score (nSPS) is 13.1. The number of esters is 1. The van der Waals surface area contributed by atoms with Crippen LogP contribution in [-0.2, 0) is 9.53 Å². The Bertz CT molecular complexity index is 1250. The molecule has 6 nitrogen and oxygen atoms in total. The average molecular weight is 448 g/mol. The minimum atomic E-state index is -0.850. The molecule has 1 N–H and O–H groups in total. The van der Waals surface area contributed by atoms with Crippen molar-refractivity contribution in [2.45, 2.75) is 13.0 Å². The van der Waals surface area contributed by atoms with Gasteiger partial charge in [-0.2, -0.15) is 0 Å². The van der Waals surface area contributed by atoms with Gasteiger partial charge in [-0.25, -0.2) is 4.79 Å². The molecular weight excluding hydrogens is 430 g/mol. The van der Waals surface area contributed by atoms with Gasteiger partial charge in [-0.3, -0.25) is 14.4 Å². The van der Waals surface area contributed by atoms with Gasteiger partial charge in [-0.05, 0) is 30.7 Å². The largest absolute Gasteiger partial charge is 0.452 e. The molecule has 1 aliphatic carbocycles. The van der Waals surface area contributed by atoms with E-state index in [2.05, 4.69) is 5.32 Å². The lowest BCUT2D eigenvalue weighted by molar-refractivity contribution is -0.124. The quantitative estimate of drug-likeness (QED) is 0.464. The van der Waals surface area contributed by atoms with Crippen LogP contribution in [-0.4, -0.2) is 30.0 Å². The molecule has 3 aromatic carbocycles. The standard InChI is InChI=1S/C25H18ClNO5/c1-14(15-9-11-16(26)12-10-15)27-21(28)13-32-25(31)20-8-4-7-19-22(20)24(30)18-6-3-2-5-17(18)23(19)29/h2-12,14H,13H2,1H3,(H,27,28)/t14-/m1/s1. The molecule has 32 heavy (non-hydrogen) atoms. The highest BCUT2D eigenvalue weighted by molar-refractivity contribution is 6.31. The minimum Gasteiger partial charge on any atom is -0.452 e. The number of halogens is 1. The summed E-state index contributed by atoms with van der Waals surface area (Å²) in [7, 11) is 0. The van der Waals surface area contributed by atoms with Gasteiger partial charge >= 0.3 is 5.97 Å². The number of hydrogen-bond acceptors (Lipinski definition) is 5. The molecule has 0 unspecified atom stereocenters. The van der Waals surface area contributed by atoms with E-state index in [1.165, 1.54) is 18.2 Å². The fraction of sp³-hybridized carbons (Fsp3) is 0.120. The van der Waals surface area contributed by atoms with Gasteiger partial charge in [0.15, 0.2) is 18.2 Å². The van der Waals surface area contributed by atoms with E-state index in [0.717, 1.165) is 5.56 Å². The van der Waals surface area contributed by atoms with Crippen LogP contribution in [0.3, 0.4) is 0 Å². The Morgan fingerprint density at radius 1 is 0.875 bits per heavy atom. The molecule has 7 heteroatoms. The third kappa shape index (κ3) is 4.05. The van der Waals surface area contributed by atoms with Crippen molar-refractivity contribution < 1.29 is 23.9 Å². The highest BCUT2D eigenvalue weighted by atomic mass is 35.5. The lowest BCUT2D eigenvalue weighted by atomic mass is 9.82. The lowest BCUT2D eigenvalue weighted by Crippen LogP contribution is -2.31. The molecule has 0 heterocycles. The molecule has 0 aromatic heterocycles. The van der Waals surface area contributed by atoms with Crippen LogP contribution in [0.2, 0.25) is 5.02 Å². The number of carbonyl (C=O) groups is 4. The van der Waals surface area contributed by atoms with Crippen molar-refractivity contribution in [3.63, 3.8) is 0 Å². The van der Waals surface area contributed by atoms with Crippen molar-refractivity contribution in [1.29, 1.82) is 0 Å². The van der Waals surface area contributed by atoms with Crippen molar-refractivity contribution in [2.75, 3.05) is 6.61 Å². The third-order valence-electron chi connectivity index (χ3n) is 5.25. The van der Waals surface area contributed by atoms with E-state index in [1.807, 2.05) is 0 Å². The van der Waals surface area contributed by atoms with Gasteiger partial charge in [0.1, 0.15) is 0 Å². The smallest absolute Gasteiger partial charge is 0.339 e. The Kier molecular flexibility index (Phi) is 5.88. The highest BCUT2D eigenvalue weighted by Gasteiger charge is 2.33. The van der Waals surface area contributed by atoms with Crippen molar-refractivity contribution in [1.82, 2.24) is 5.32 Å². The molecule has 0 spiro atoms. The molecule has 1 aliphatic rings. The van der Waals surface area contributed by atoms with Gasteiger partial charge < -0.3 is 10.1 Å². The van der Waals surface area contributed by atoms with Gasteiger partial charge in [-0.1, -0.05) is 60.1 Å². The van der Waals surface area contributed by atoms with E-state index < -0.39 is 24.3 Å². The summed E-state index contributed by atoms with van der Waals surface area (Å²) in [5, 5.41) is 3.32. The van der Waals surface area contributed by atoms with Crippen LogP contribution in [0.5, 0.6) is 0 Å². The van der Waals surface area contributed by atoms with E-state index in [0.29, 0.717) is 10.6 Å². The molecule has 0 saturated heterocycles. The van der Waals surface area contributed by atoms with E-state index >= 15 is 0 Å². The zero-order valence-corrected chi connectivity index (χ0v) is 17.8. The first-order valence-corrected chi connectivity index (χ1v) is 10.3. The van der Waals surface area contributed by atoms with E-state index in [-0.39, 0.29) is 34.1 Å². The molecular formula is C25H18ClNO5. The van der Waals surface area contributed by atoms with Crippen LogP contribution in [0.25, 0.3) is 0 Å². The van der Waals surface area contributed by atoms with Gasteiger partial charge in [0, 0.05) is 27.3 Å². The highest BCUT2D eigenvalue weighted by Crippen LogP contribution is 2.29. The number of hydrogen-bond donors (Lipinski definition) is 1. The monoisotopic (exact) mass is 447 g/mol. The molecule has 3 aromatic rings. The number of benzene rings is 3. The molecule has 1 atom stereocenters. The maximum atomic E-state index is 13.0. The van der Waals surface area contributed by atoms with Crippen LogP contribution >= 0.6 is 11.6 Å². The fourth-order valence-electron chi connectivity index (χ4n) is 3.64. The Morgan fingerprint density at radius 2 is 1.50 bits per heavy atom. The first-order valence-electron chi connectivity index (χ1n) is 9.90. The summed E-state index contributed by atoms with van der Waals surface area (Å²) < 4.78 is 5.15. The predicted octanol–water partition coefficient (Wildman–Crippen LogP) is 4.15. The van der Waals surface area contributed by atoms with Crippen LogP contribution in [0, 0.1) is 0 Å². The number of nitrogens with one attached hydrogen (secondary N) is 1.